The molecule has 2 unspecified atom stereocenters. The highest BCUT2D eigenvalue weighted by molar-refractivity contribution is 5.37. The van der Waals surface area contributed by atoms with Gasteiger partial charge in [0.2, 0.25) is 0 Å². The zero-order valence-corrected chi connectivity index (χ0v) is 11.0. The van der Waals surface area contributed by atoms with Crippen molar-refractivity contribution in [3.63, 3.8) is 0 Å². The molecule has 1 fully saturated rings. The second-order valence-electron chi connectivity index (χ2n) is 5.27. The number of aromatic nitrogens is 1. The summed E-state index contributed by atoms with van der Waals surface area (Å²) in [5, 5.41) is 3.17. The lowest BCUT2D eigenvalue weighted by molar-refractivity contribution is -0.141. The molecule has 0 saturated heterocycles. The third kappa shape index (κ3) is 3.85. The molecular formula is C14H19F3N2. The summed E-state index contributed by atoms with van der Waals surface area (Å²) >= 11 is 0. The molecule has 0 spiro atoms. The molecule has 5 heteroatoms. The Morgan fingerprint density at radius 2 is 1.89 bits per heavy atom. The molecule has 0 amide bonds. The molecule has 2 nitrogen and oxygen atoms in total. The highest BCUT2D eigenvalue weighted by atomic mass is 19.4. The van der Waals surface area contributed by atoms with Gasteiger partial charge in [-0.1, -0.05) is 32.3 Å². The standard InChI is InChI=1S/C14H19F3N2/c1-10-6-3-2-4-7-11(10)18-13-9-5-8-12(19-13)14(15,16)17/h5,8-11H,2-4,6-7H2,1H3,(H,18,19). The number of pyridine rings is 1. The minimum atomic E-state index is -4.38. The van der Waals surface area contributed by atoms with Crippen LogP contribution in [0.25, 0.3) is 0 Å². The Morgan fingerprint density at radius 3 is 2.63 bits per heavy atom. The van der Waals surface area contributed by atoms with E-state index in [1.165, 1.54) is 18.9 Å². The summed E-state index contributed by atoms with van der Waals surface area (Å²) in [7, 11) is 0. The van der Waals surface area contributed by atoms with Gasteiger partial charge in [0.05, 0.1) is 0 Å². The van der Waals surface area contributed by atoms with Crippen LogP contribution in [0.3, 0.4) is 0 Å². The zero-order valence-electron chi connectivity index (χ0n) is 11.0. The number of rotatable bonds is 2. The van der Waals surface area contributed by atoms with E-state index in [9.17, 15) is 13.2 Å². The number of hydrogen-bond acceptors (Lipinski definition) is 2. The molecule has 1 aromatic heterocycles. The minimum absolute atomic E-state index is 0.221. The lowest BCUT2D eigenvalue weighted by Gasteiger charge is -2.23. The van der Waals surface area contributed by atoms with E-state index >= 15 is 0 Å². The van der Waals surface area contributed by atoms with Gasteiger partial charge in [0, 0.05) is 6.04 Å². The van der Waals surface area contributed by atoms with Crippen molar-refractivity contribution in [2.24, 2.45) is 5.92 Å². The van der Waals surface area contributed by atoms with Gasteiger partial charge in [-0.25, -0.2) is 4.98 Å². The van der Waals surface area contributed by atoms with Crippen LogP contribution in [0.15, 0.2) is 18.2 Å². The number of halogens is 3. The molecule has 1 aromatic rings. The molecule has 0 aliphatic heterocycles. The van der Waals surface area contributed by atoms with Crippen LogP contribution in [-0.2, 0) is 6.18 Å². The van der Waals surface area contributed by atoms with Gasteiger partial charge in [0.1, 0.15) is 11.5 Å². The molecule has 19 heavy (non-hydrogen) atoms. The maximum atomic E-state index is 12.6. The van der Waals surface area contributed by atoms with Gasteiger partial charge in [-0.2, -0.15) is 13.2 Å². The van der Waals surface area contributed by atoms with Crippen LogP contribution in [0.2, 0.25) is 0 Å². The summed E-state index contributed by atoms with van der Waals surface area (Å²) in [5.41, 5.74) is -0.834. The summed E-state index contributed by atoms with van der Waals surface area (Å²) in [5.74, 6) is 0.799. The highest BCUT2D eigenvalue weighted by Crippen LogP contribution is 2.29. The van der Waals surface area contributed by atoms with Crippen molar-refractivity contribution in [2.75, 3.05) is 5.32 Å². The van der Waals surface area contributed by atoms with Gasteiger partial charge >= 0.3 is 6.18 Å². The first-order chi connectivity index (χ1) is 8.97. The second-order valence-corrected chi connectivity index (χ2v) is 5.27. The summed E-state index contributed by atoms with van der Waals surface area (Å²) in [6, 6.07) is 4.23. The Morgan fingerprint density at radius 1 is 1.16 bits per heavy atom. The predicted molar refractivity (Wildman–Crippen MR) is 68.9 cm³/mol. The zero-order chi connectivity index (χ0) is 13.9. The SMILES string of the molecule is CC1CCCCCC1Nc1cccc(C(F)(F)F)n1. The lowest BCUT2D eigenvalue weighted by Crippen LogP contribution is -2.27. The molecule has 2 rings (SSSR count). The Balaban J connectivity index is 2.09. The minimum Gasteiger partial charge on any atom is -0.367 e. The topological polar surface area (TPSA) is 24.9 Å². The van der Waals surface area contributed by atoms with E-state index in [0.29, 0.717) is 11.7 Å². The van der Waals surface area contributed by atoms with E-state index in [1.807, 2.05) is 0 Å². The number of anilines is 1. The Labute approximate surface area is 111 Å². The summed E-state index contributed by atoms with van der Waals surface area (Å²) in [6.45, 7) is 2.15. The molecule has 1 N–H and O–H groups in total. The Hall–Kier alpha value is -1.26. The molecule has 1 aliphatic carbocycles. The van der Waals surface area contributed by atoms with Crippen molar-refractivity contribution in [2.45, 2.75) is 51.2 Å². The maximum absolute atomic E-state index is 12.6. The lowest BCUT2D eigenvalue weighted by atomic mass is 9.97. The molecule has 106 valence electrons. The van der Waals surface area contributed by atoms with E-state index in [0.717, 1.165) is 25.3 Å². The fourth-order valence-corrected chi connectivity index (χ4v) is 2.57. The molecular weight excluding hydrogens is 253 g/mol. The van der Waals surface area contributed by atoms with Crippen LogP contribution < -0.4 is 5.32 Å². The van der Waals surface area contributed by atoms with Gasteiger partial charge in [-0.3, -0.25) is 0 Å². The van der Waals surface area contributed by atoms with E-state index in [1.54, 1.807) is 6.07 Å². The summed E-state index contributed by atoms with van der Waals surface area (Å²) < 4.78 is 37.8. The molecule has 1 heterocycles. The maximum Gasteiger partial charge on any atom is 0.433 e. The number of nitrogens with one attached hydrogen (secondary N) is 1. The summed E-state index contributed by atoms with van der Waals surface area (Å²) in [6.07, 6.45) is 1.28. The Kier molecular flexibility index (Phi) is 4.32. The average Bonchev–Trinajstić information content (AvgIpc) is 2.54. The molecule has 2 atom stereocenters. The molecule has 0 radical (unpaired) electrons. The molecule has 1 aliphatic rings. The average molecular weight is 272 g/mol. The van der Waals surface area contributed by atoms with E-state index < -0.39 is 11.9 Å². The van der Waals surface area contributed by atoms with Crippen molar-refractivity contribution >= 4 is 5.82 Å². The third-order valence-corrected chi connectivity index (χ3v) is 3.73. The number of hydrogen-bond donors (Lipinski definition) is 1. The largest absolute Gasteiger partial charge is 0.433 e. The highest BCUT2D eigenvalue weighted by Gasteiger charge is 2.32. The monoisotopic (exact) mass is 272 g/mol. The van der Waals surface area contributed by atoms with Gasteiger partial charge in [-0.15, -0.1) is 0 Å². The fourth-order valence-electron chi connectivity index (χ4n) is 2.57. The van der Waals surface area contributed by atoms with Crippen LogP contribution in [-0.4, -0.2) is 11.0 Å². The third-order valence-electron chi connectivity index (χ3n) is 3.73. The van der Waals surface area contributed by atoms with Crippen molar-refractivity contribution < 1.29 is 13.2 Å². The molecule has 0 aromatic carbocycles. The van der Waals surface area contributed by atoms with Crippen LogP contribution in [0.4, 0.5) is 19.0 Å². The first-order valence-electron chi connectivity index (χ1n) is 6.77. The van der Waals surface area contributed by atoms with Crippen molar-refractivity contribution in [3.8, 4) is 0 Å². The number of alkyl halides is 3. The fraction of sp³-hybridized carbons (Fsp3) is 0.643. The van der Waals surface area contributed by atoms with Gasteiger partial charge < -0.3 is 5.32 Å². The van der Waals surface area contributed by atoms with Crippen LogP contribution >= 0.6 is 0 Å². The first kappa shape index (κ1) is 14.2. The second kappa shape index (κ2) is 5.80. The molecule has 1 saturated carbocycles. The molecule has 0 bridgehead atoms. The van der Waals surface area contributed by atoms with E-state index in [2.05, 4.69) is 17.2 Å². The van der Waals surface area contributed by atoms with Crippen molar-refractivity contribution in [1.29, 1.82) is 0 Å². The van der Waals surface area contributed by atoms with Gasteiger partial charge in [-0.05, 0) is 30.9 Å². The predicted octanol–water partition coefficient (Wildman–Crippen LogP) is 4.48. The van der Waals surface area contributed by atoms with Crippen molar-refractivity contribution in [1.82, 2.24) is 4.98 Å². The smallest absolute Gasteiger partial charge is 0.367 e. The normalized spacial score (nSPS) is 24.8. The first-order valence-corrected chi connectivity index (χ1v) is 6.77. The van der Waals surface area contributed by atoms with Crippen LogP contribution in [0.1, 0.15) is 44.7 Å². The van der Waals surface area contributed by atoms with Gasteiger partial charge in [0.25, 0.3) is 0 Å². The quantitative estimate of drug-likeness (QED) is 0.803. The van der Waals surface area contributed by atoms with Gasteiger partial charge in [0.15, 0.2) is 0 Å². The van der Waals surface area contributed by atoms with Crippen LogP contribution in [0.5, 0.6) is 0 Å². The van der Waals surface area contributed by atoms with Crippen molar-refractivity contribution in [3.05, 3.63) is 23.9 Å². The number of nitrogens with zero attached hydrogens (tertiary/aromatic N) is 1. The Bertz CT molecular complexity index is 417. The van der Waals surface area contributed by atoms with E-state index in [-0.39, 0.29) is 6.04 Å². The summed E-state index contributed by atoms with van der Waals surface area (Å²) in [4.78, 5) is 3.67. The van der Waals surface area contributed by atoms with E-state index in [4.69, 9.17) is 0 Å². The van der Waals surface area contributed by atoms with Crippen LogP contribution in [0, 0.1) is 5.92 Å².